The van der Waals surface area contributed by atoms with Crippen LogP contribution in [0.3, 0.4) is 0 Å². The van der Waals surface area contributed by atoms with Crippen LogP contribution in [0, 0.1) is 0 Å². The fourth-order valence-corrected chi connectivity index (χ4v) is 3.03. The summed E-state index contributed by atoms with van der Waals surface area (Å²) in [6.45, 7) is 7.86. The van der Waals surface area contributed by atoms with Crippen LogP contribution >= 0.6 is 0 Å². The monoisotopic (exact) mass is 366 g/mol. The van der Waals surface area contributed by atoms with Gasteiger partial charge in [-0.05, 0) is 33.8 Å². The molecule has 2 aliphatic heterocycles. The minimum atomic E-state index is -1.15. The van der Waals surface area contributed by atoms with Gasteiger partial charge in [-0.25, -0.2) is 14.2 Å². The maximum atomic E-state index is 13.5. The van der Waals surface area contributed by atoms with E-state index in [1.165, 1.54) is 0 Å². The molecule has 9 heteroatoms. The number of likely N-dealkylation sites (tertiary alicyclic amines) is 1. The molecule has 0 aromatic carbocycles. The van der Waals surface area contributed by atoms with E-state index >= 15 is 0 Å². The molecule has 0 unspecified atom stereocenters. The highest BCUT2D eigenvalue weighted by Gasteiger charge is 2.51. The molecule has 142 valence electrons. The Balaban J connectivity index is 1.60. The first-order valence-corrected chi connectivity index (χ1v) is 8.67. The highest BCUT2D eigenvalue weighted by Crippen LogP contribution is 2.36. The van der Waals surface area contributed by atoms with Crippen molar-refractivity contribution in [2.75, 3.05) is 13.2 Å². The minimum Gasteiger partial charge on any atom is -0.475 e. The molecule has 0 bridgehead atoms. The van der Waals surface area contributed by atoms with E-state index in [1.54, 1.807) is 18.3 Å². The molecule has 2 atom stereocenters. The van der Waals surface area contributed by atoms with Gasteiger partial charge < -0.3 is 19.2 Å². The standard InChI is InChI=1S/C17H24BFN2O5/c1-16(2)17(3,4)26-18(25-16)11-5-6-14(20-8-11)24-10-13-7-12(19)9-21(13)15(22)23/h5-6,8,12-13H,7,9-10H2,1-4H3,(H,22,23)/t12-,13-/m0/s1. The van der Waals surface area contributed by atoms with Crippen LogP contribution in [0.1, 0.15) is 34.1 Å². The number of halogens is 1. The van der Waals surface area contributed by atoms with E-state index in [0.717, 1.165) is 10.4 Å². The maximum absolute atomic E-state index is 13.5. The number of rotatable bonds is 4. The van der Waals surface area contributed by atoms with Gasteiger partial charge in [-0.2, -0.15) is 0 Å². The Kier molecular flexibility index (Phi) is 4.87. The van der Waals surface area contributed by atoms with Crippen LogP contribution < -0.4 is 10.2 Å². The molecule has 2 saturated heterocycles. The molecular weight excluding hydrogens is 342 g/mol. The Bertz CT molecular complexity index is 654. The molecule has 0 radical (unpaired) electrons. The molecule has 1 aromatic rings. The van der Waals surface area contributed by atoms with Gasteiger partial charge in [-0.3, -0.25) is 4.90 Å². The molecule has 0 aliphatic carbocycles. The first kappa shape index (κ1) is 18.9. The largest absolute Gasteiger partial charge is 0.496 e. The van der Waals surface area contributed by atoms with Gasteiger partial charge in [-0.1, -0.05) is 6.07 Å². The van der Waals surface area contributed by atoms with Gasteiger partial charge in [-0.15, -0.1) is 0 Å². The molecule has 3 heterocycles. The molecule has 7 nitrogen and oxygen atoms in total. The summed E-state index contributed by atoms with van der Waals surface area (Å²) in [4.78, 5) is 16.4. The van der Waals surface area contributed by atoms with Gasteiger partial charge in [0.2, 0.25) is 5.88 Å². The second-order valence-corrected chi connectivity index (χ2v) is 7.75. The summed E-state index contributed by atoms with van der Waals surface area (Å²) in [5.74, 6) is 0.345. The van der Waals surface area contributed by atoms with Crippen molar-refractivity contribution < 1.29 is 28.3 Å². The van der Waals surface area contributed by atoms with Crippen molar-refractivity contribution in [3.8, 4) is 5.88 Å². The van der Waals surface area contributed by atoms with Crippen molar-refractivity contribution in [2.24, 2.45) is 0 Å². The SMILES string of the molecule is CC1(C)OB(c2ccc(OC[C@@H]3C[C@H](F)CN3C(=O)O)nc2)OC1(C)C. The number of aromatic nitrogens is 1. The van der Waals surface area contributed by atoms with Crippen LogP contribution in [0.4, 0.5) is 9.18 Å². The Labute approximate surface area is 152 Å². The molecule has 2 fully saturated rings. The van der Waals surface area contributed by atoms with Gasteiger partial charge in [0.1, 0.15) is 12.8 Å². The Hall–Kier alpha value is -1.87. The third kappa shape index (κ3) is 3.64. The predicted octanol–water partition coefficient (Wildman–Crippen LogP) is 1.85. The van der Waals surface area contributed by atoms with Crippen molar-refractivity contribution in [1.29, 1.82) is 0 Å². The van der Waals surface area contributed by atoms with Gasteiger partial charge in [0.25, 0.3) is 0 Å². The number of alkyl halides is 1. The molecule has 1 N–H and O–H groups in total. The molecule has 1 amide bonds. The third-order valence-electron chi connectivity index (χ3n) is 5.32. The molecule has 0 spiro atoms. The summed E-state index contributed by atoms with van der Waals surface area (Å²) in [5.41, 5.74) is -0.0929. The van der Waals surface area contributed by atoms with Crippen molar-refractivity contribution in [3.05, 3.63) is 18.3 Å². The zero-order chi connectivity index (χ0) is 19.1. The number of hydrogen-bond acceptors (Lipinski definition) is 5. The van der Waals surface area contributed by atoms with E-state index in [9.17, 15) is 9.18 Å². The van der Waals surface area contributed by atoms with Crippen LogP contribution in [-0.4, -0.2) is 64.8 Å². The zero-order valence-electron chi connectivity index (χ0n) is 15.4. The molecule has 0 saturated carbocycles. The summed E-state index contributed by atoms with van der Waals surface area (Å²) in [6, 6.07) is 2.96. The summed E-state index contributed by atoms with van der Waals surface area (Å²) in [6.07, 6.45) is -0.543. The lowest BCUT2D eigenvalue weighted by molar-refractivity contribution is 0.00578. The molecule has 1 aromatic heterocycles. The van der Waals surface area contributed by atoms with Gasteiger partial charge in [0.15, 0.2) is 0 Å². The Morgan fingerprint density at radius 2 is 2.04 bits per heavy atom. The number of nitrogens with zero attached hydrogens (tertiary/aromatic N) is 2. The van der Waals surface area contributed by atoms with Gasteiger partial charge in [0.05, 0.1) is 23.8 Å². The lowest BCUT2D eigenvalue weighted by Crippen LogP contribution is -2.41. The third-order valence-corrected chi connectivity index (χ3v) is 5.32. The molecule has 3 rings (SSSR count). The van der Waals surface area contributed by atoms with Crippen molar-refractivity contribution in [2.45, 2.75) is 57.5 Å². The second-order valence-electron chi connectivity index (χ2n) is 7.75. The number of hydrogen-bond donors (Lipinski definition) is 1. The fourth-order valence-electron chi connectivity index (χ4n) is 3.03. The number of ether oxygens (including phenoxy) is 1. The minimum absolute atomic E-state index is 0.0650. The summed E-state index contributed by atoms with van der Waals surface area (Å²) in [5, 5.41) is 9.10. The summed E-state index contributed by atoms with van der Waals surface area (Å²) >= 11 is 0. The van der Waals surface area contributed by atoms with Crippen molar-refractivity contribution in [3.63, 3.8) is 0 Å². The van der Waals surface area contributed by atoms with Crippen LogP contribution in [0.5, 0.6) is 5.88 Å². The maximum Gasteiger partial charge on any atom is 0.496 e. The van der Waals surface area contributed by atoms with E-state index in [2.05, 4.69) is 4.98 Å². The van der Waals surface area contributed by atoms with E-state index in [0.29, 0.717) is 5.88 Å². The number of carbonyl (C=O) groups is 1. The average molecular weight is 366 g/mol. The molecule has 2 aliphatic rings. The lowest BCUT2D eigenvalue weighted by Gasteiger charge is -2.32. The molecular formula is C17H24BFN2O5. The normalized spacial score (nSPS) is 27.0. The fraction of sp³-hybridized carbons (Fsp3) is 0.647. The van der Waals surface area contributed by atoms with E-state index in [-0.39, 0.29) is 19.6 Å². The lowest BCUT2D eigenvalue weighted by atomic mass is 9.80. The van der Waals surface area contributed by atoms with E-state index in [4.69, 9.17) is 19.2 Å². The van der Waals surface area contributed by atoms with Crippen LogP contribution in [-0.2, 0) is 9.31 Å². The Morgan fingerprint density at radius 3 is 2.58 bits per heavy atom. The number of amides is 1. The molecule has 26 heavy (non-hydrogen) atoms. The van der Waals surface area contributed by atoms with E-state index < -0.39 is 36.6 Å². The average Bonchev–Trinajstić information content (AvgIpc) is 3.03. The van der Waals surface area contributed by atoms with Gasteiger partial charge >= 0.3 is 13.2 Å². The highest BCUT2D eigenvalue weighted by atomic mass is 19.1. The first-order valence-electron chi connectivity index (χ1n) is 8.67. The number of carboxylic acid groups (broad SMARTS) is 1. The topological polar surface area (TPSA) is 81.1 Å². The quantitative estimate of drug-likeness (QED) is 0.820. The summed E-state index contributed by atoms with van der Waals surface area (Å²) in [7, 11) is -0.508. The van der Waals surface area contributed by atoms with Crippen molar-refractivity contribution >= 4 is 18.7 Å². The second kappa shape index (κ2) is 6.70. The Morgan fingerprint density at radius 1 is 1.38 bits per heavy atom. The summed E-state index contributed by atoms with van der Waals surface area (Å²) < 4.78 is 30.9. The number of pyridine rings is 1. The van der Waals surface area contributed by atoms with Crippen molar-refractivity contribution in [1.82, 2.24) is 9.88 Å². The van der Waals surface area contributed by atoms with E-state index in [1.807, 2.05) is 27.7 Å². The van der Waals surface area contributed by atoms with Crippen LogP contribution in [0.15, 0.2) is 18.3 Å². The predicted molar refractivity (Wildman–Crippen MR) is 93.5 cm³/mol. The van der Waals surface area contributed by atoms with Crippen LogP contribution in [0.25, 0.3) is 0 Å². The highest BCUT2D eigenvalue weighted by molar-refractivity contribution is 6.62. The van der Waals surface area contributed by atoms with Gasteiger partial charge in [0, 0.05) is 18.1 Å². The zero-order valence-corrected chi connectivity index (χ0v) is 15.4. The first-order chi connectivity index (χ1) is 12.1. The van der Waals surface area contributed by atoms with Crippen LogP contribution in [0.2, 0.25) is 0 Å². The smallest absolute Gasteiger partial charge is 0.475 e.